The van der Waals surface area contributed by atoms with E-state index in [1.807, 2.05) is 0 Å². The second-order valence-corrected chi connectivity index (χ2v) is 7.99. The lowest BCUT2D eigenvalue weighted by molar-refractivity contribution is 0.0458. The van der Waals surface area contributed by atoms with Crippen LogP contribution in [0.4, 0.5) is 0 Å². The molecular weight excluding hydrogens is 324 g/mol. The summed E-state index contributed by atoms with van der Waals surface area (Å²) in [5, 5.41) is 4.00. The van der Waals surface area contributed by atoms with Crippen LogP contribution in [0.15, 0.2) is 22.7 Å². The van der Waals surface area contributed by atoms with Crippen LogP contribution in [-0.4, -0.2) is 30.1 Å². The Kier molecular flexibility index (Phi) is 3.85. The van der Waals surface area contributed by atoms with Gasteiger partial charge in [-0.2, -0.15) is 0 Å². The molecule has 0 saturated carbocycles. The molecule has 2 aliphatic heterocycles. The zero-order valence-corrected chi connectivity index (χ0v) is 14.4. The van der Waals surface area contributed by atoms with Gasteiger partial charge in [-0.1, -0.05) is 34.5 Å². The molecule has 0 spiro atoms. The van der Waals surface area contributed by atoms with Crippen LogP contribution in [0.2, 0.25) is 0 Å². The summed E-state index contributed by atoms with van der Waals surface area (Å²) in [6.45, 7) is 0. The average Bonchev–Trinajstić information content (AvgIpc) is 2.85. The number of hydrogen-bond donors (Lipinski definition) is 1. The summed E-state index contributed by atoms with van der Waals surface area (Å²) in [6, 6.07) is 9.61. The predicted molar refractivity (Wildman–Crippen MR) is 90.6 cm³/mol. The van der Waals surface area contributed by atoms with Gasteiger partial charge in [0.05, 0.1) is 0 Å². The van der Waals surface area contributed by atoms with E-state index in [9.17, 15) is 0 Å². The van der Waals surface area contributed by atoms with Crippen molar-refractivity contribution in [2.24, 2.45) is 0 Å². The van der Waals surface area contributed by atoms with Crippen molar-refractivity contribution in [3.63, 3.8) is 0 Å². The van der Waals surface area contributed by atoms with E-state index in [4.69, 9.17) is 0 Å². The van der Waals surface area contributed by atoms with Gasteiger partial charge in [-0.3, -0.25) is 0 Å². The Labute approximate surface area is 136 Å². The number of hydrogen-bond acceptors (Lipinski definition) is 2. The molecule has 2 saturated heterocycles. The topological polar surface area (TPSA) is 15.3 Å². The standard InChI is InChI=1S/C18H25BrN2/c1-21-13-4-2-5-14(21)11-12(10-13)20-18-9-8-15-16(18)6-3-7-17(15)19/h3,6-7,12-14,18,20H,2,4-5,8-11H2,1H3. The molecule has 1 aromatic carbocycles. The largest absolute Gasteiger partial charge is 0.307 e. The molecule has 1 aliphatic carbocycles. The van der Waals surface area contributed by atoms with Gasteiger partial charge in [0.15, 0.2) is 0 Å². The van der Waals surface area contributed by atoms with E-state index in [0.29, 0.717) is 12.1 Å². The SMILES string of the molecule is CN1C2CCCC1CC(NC1CCc3c(Br)cccc31)C2. The zero-order chi connectivity index (χ0) is 14.4. The van der Waals surface area contributed by atoms with Crippen LogP contribution in [0.3, 0.4) is 0 Å². The van der Waals surface area contributed by atoms with Crippen LogP contribution in [0.25, 0.3) is 0 Å². The monoisotopic (exact) mass is 348 g/mol. The summed E-state index contributed by atoms with van der Waals surface area (Å²) in [6.07, 6.45) is 9.40. The lowest BCUT2D eigenvalue weighted by Gasteiger charge is -2.47. The molecule has 2 nitrogen and oxygen atoms in total. The van der Waals surface area contributed by atoms with Crippen LogP contribution in [0.1, 0.15) is 55.7 Å². The fourth-order valence-electron chi connectivity index (χ4n) is 4.82. The first-order valence-electron chi connectivity index (χ1n) is 8.47. The molecule has 3 heteroatoms. The Morgan fingerprint density at radius 1 is 1.14 bits per heavy atom. The molecule has 3 unspecified atom stereocenters. The van der Waals surface area contributed by atoms with Crippen molar-refractivity contribution in [2.45, 2.75) is 69.1 Å². The highest BCUT2D eigenvalue weighted by Gasteiger charge is 2.37. The van der Waals surface area contributed by atoms with Gasteiger partial charge in [0.25, 0.3) is 0 Å². The number of piperidine rings is 2. The summed E-state index contributed by atoms with van der Waals surface area (Å²) in [5.74, 6) is 0. The maximum Gasteiger partial charge on any atom is 0.0328 e. The van der Waals surface area contributed by atoms with Crippen molar-refractivity contribution >= 4 is 15.9 Å². The molecule has 2 fully saturated rings. The predicted octanol–water partition coefficient (Wildman–Crippen LogP) is 4.04. The van der Waals surface area contributed by atoms with Crippen molar-refractivity contribution in [2.75, 3.05) is 7.05 Å². The third-order valence-corrected chi connectivity index (χ3v) is 6.73. The van der Waals surface area contributed by atoms with E-state index < -0.39 is 0 Å². The molecule has 114 valence electrons. The number of nitrogens with one attached hydrogen (secondary N) is 1. The summed E-state index contributed by atoms with van der Waals surface area (Å²) in [7, 11) is 2.34. The van der Waals surface area contributed by atoms with E-state index in [-0.39, 0.29) is 0 Å². The zero-order valence-electron chi connectivity index (χ0n) is 12.8. The van der Waals surface area contributed by atoms with Gasteiger partial charge in [0.1, 0.15) is 0 Å². The van der Waals surface area contributed by atoms with E-state index in [2.05, 4.69) is 51.4 Å². The first-order chi connectivity index (χ1) is 10.2. The molecular formula is C18H25BrN2. The van der Waals surface area contributed by atoms with Crippen molar-refractivity contribution < 1.29 is 0 Å². The summed E-state index contributed by atoms with van der Waals surface area (Å²) in [4.78, 5) is 2.65. The molecule has 1 N–H and O–H groups in total. The quantitative estimate of drug-likeness (QED) is 0.867. The summed E-state index contributed by atoms with van der Waals surface area (Å²) in [5.41, 5.74) is 3.07. The molecule has 0 amide bonds. The molecule has 21 heavy (non-hydrogen) atoms. The fourth-order valence-corrected chi connectivity index (χ4v) is 5.40. The van der Waals surface area contributed by atoms with Gasteiger partial charge < -0.3 is 10.2 Å². The van der Waals surface area contributed by atoms with E-state index in [0.717, 1.165) is 12.1 Å². The van der Waals surface area contributed by atoms with Gasteiger partial charge >= 0.3 is 0 Å². The summed E-state index contributed by atoms with van der Waals surface area (Å²) >= 11 is 3.71. The van der Waals surface area contributed by atoms with Crippen molar-refractivity contribution in [1.29, 1.82) is 0 Å². The number of nitrogens with zero attached hydrogens (tertiary/aromatic N) is 1. The molecule has 2 heterocycles. The number of halogens is 1. The van der Waals surface area contributed by atoms with Gasteiger partial charge in [-0.25, -0.2) is 0 Å². The van der Waals surface area contributed by atoms with Gasteiger partial charge in [0.2, 0.25) is 0 Å². The minimum absolute atomic E-state index is 0.576. The molecule has 0 radical (unpaired) electrons. The lowest BCUT2D eigenvalue weighted by Crippen LogP contribution is -2.54. The first kappa shape index (κ1) is 14.2. The van der Waals surface area contributed by atoms with Crippen LogP contribution >= 0.6 is 15.9 Å². The Balaban J connectivity index is 1.48. The fraction of sp³-hybridized carbons (Fsp3) is 0.667. The van der Waals surface area contributed by atoms with Crippen LogP contribution in [-0.2, 0) is 6.42 Å². The first-order valence-corrected chi connectivity index (χ1v) is 9.27. The maximum absolute atomic E-state index is 4.00. The minimum Gasteiger partial charge on any atom is -0.307 e. The number of rotatable bonds is 2. The highest BCUT2D eigenvalue weighted by atomic mass is 79.9. The molecule has 4 rings (SSSR count). The normalized spacial score (nSPS) is 35.7. The highest BCUT2D eigenvalue weighted by Crippen LogP contribution is 2.38. The number of benzene rings is 1. The second kappa shape index (κ2) is 5.68. The smallest absolute Gasteiger partial charge is 0.0328 e. The van der Waals surface area contributed by atoms with Crippen LogP contribution in [0, 0.1) is 0 Å². The van der Waals surface area contributed by atoms with E-state index in [1.165, 1.54) is 60.5 Å². The van der Waals surface area contributed by atoms with E-state index in [1.54, 1.807) is 0 Å². The van der Waals surface area contributed by atoms with Gasteiger partial charge in [0, 0.05) is 28.6 Å². The average molecular weight is 349 g/mol. The van der Waals surface area contributed by atoms with Gasteiger partial charge in [-0.05, 0) is 62.8 Å². The Hall–Kier alpha value is -0.380. The number of fused-ring (bicyclic) bond motifs is 3. The maximum atomic E-state index is 4.00. The Morgan fingerprint density at radius 2 is 1.90 bits per heavy atom. The third-order valence-electron chi connectivity index (χ3n) is 5.99. The Morgan fingerprint density at radius 3 is 2.67 bits per heavy atom. The van der Waals surface area contributed by atoms with E-state index >= 15 is 0 Å². The molecule has 1 aromatic rings. The molecule has 3 atom stereocenters. The van der Waals surface area contributed by atoms with Crippen molar-refractivity contribution in [3.05, 3.63) is 33.8 Å². The van der Waals surface area contributed by atoms with Crippen molar-refractivity contribution in [1.82, 2.24) is 10.2 Å². The van der Waals surface area contributed by atoms with Crippen LogP contribution in [0.5, 0.6) is 0 Å². The molecule has 0 aromatic heterocycles. The lowest BCUT2D eigenvalue weighted by atomic mass is 9.82. The third kappa shape index (κ3) is 2.58. The molecule has 2 bridgehead atoms. The summed E-state index contributed by atoms with van der Waals surface area (Å²) < 4.78 is 1.30. The van der Waals surface area contributed by atoms with Crippen LogP contribution < -0.4 is 5.32 Å². The minimum atomic E-state index is 0.576. The molecule has 3 aliphatic rings. The Bertz CT molecular complexity index is 516. The van der Waals surface area contributed by atoms with Gasteiger partial charge in [-0.15, -0.1) is 0 Å². The highest BCUT2D eigenvalue weighted by molar-refractivity contribution is 9.10. The van der Waals surface area contributed by atoms with Crippen molar-refractivity contribution in [3.8, 4) is 0 Å². The second-order valence-electron chi connectivity index (χ2n) is 7.14.